The van der Waals surface area contributed by atoms with E-state index >= 15 is 0 Å². The van der Waals surface area contributed by atoms with E-state index in [0.29, 0.717) is 0 Å². The molecule has 16 heavy (non-hydrogen) atoms. The van der Waals surface area contributed by atoms with Crippen molar-refractivity contribution >= 4 is 29.3 Å². The predicted octanol–water partition coefficient (Wildman–Crippen LogP) is 2.96. The molecular weight excluding hydrogens is 218 g/mol. The van der Waals surface area contributed by atoms with Crippen molar-refractivity contribution in [2.75, 3.05) is 0 Å². The maximum atomic E-state index is 4.38. The Labute approximate surface area is 96.7 Å². The van der Waals surface area contributed by atoms with Gasteiger partial charge in [0.05, 0.1) is 5.69 Å². The van der Waals surface area contributed by atoms with Crippen LogP contribution in [0.1, 0.15) is 10.6 Å². The third kappa shape index (κ3) is 1.75. The Morgan fingerprint density at radius 1 is 1.25 bits per heavy atom. The predicted molar refractivity (Wildman–Crippen MR) is 66.2 cm³/mol. The minimum atomic E-state index is 0.730. The summed E-state index contributed by atoms with van der Waals surface area (Å²) < 4.78 is 1.91. The lowest BCUT2D eigenvalue weighted by Gasteiger charge is -1.85. The van der Waals surface area contributed by atoms with Gasteiger partial charge < -0.3 is 0 Å². The average Bonchev–Trinajstić information content (AvgIpc) is 2.95. The Hall–Kier alpha value is -1.94. The van der Waals surface area contributed by atoms with Crippen molar-refractivity contribution in [3.05, 3.63) is 52.7 Å². The molecular formula is C12H9N3S. The molecule has 3 heterocycles. The first-order valence-electron chi connectivity index (χ1n) is 4.93. The summed E-state index contributed by atoms with van der Waals surface area (Å²) in [5.41, 5.74) is 0.923. The van der Waals surface area contributed by atoms with E-state index in [1.807, 2.05) is 35.0 Å². The van der Waals surface area contributed by atoms with Gasteiger partial charge in [-0.3, -0.25) is 4.40 Å². The molecule has 0 aromatic carbocycles. The molecule has 0 spiro atoms. The largest absolute Gasteiger partial charge is 0.291 e. The van der Waals surface area contributed by atoms with E-state index in [2.05, 4.69) is 27.5 Å². The highest BCUT2D eigenvalue weighted by molar-refractivity contribution is 7.10. The highest BCUT2D eigenvalue weighted by Gasteiger charge is 1.97. The number of hydrogen-bond acceptors (Lipinski definition) is 3. The van der Waals surface area contributed by atoms with E-state index in [1.54, 1.807) is 17.5 Å². The van der Waals surface area contributed by atoms with E-state index in [1.165, 1.54) is 4.88 Å². The van der Waals surface area contributed by atoms with Crippen LogP contribution in [0.3, 0.4) is 0 Å². The molecule has 0 radical (unpaired) electrons. The molecule has 4 heteroatoms. The van der Waals surface area contributed by atoms with Crippen molar-refractivity contribution in [3.8, 4) is 0 Å². The van der Waals surface area contributed by atoms with Crippen LogP contribution < -0.4 is 0 Å². The molecule has 3 nitrogen and oxygen atoms in total. The molecule has 0 unspecified atom stereocenters. The summed E-state index contributed by atoms with van der Waals surface area (Å²) in [6.07, 6.45) is 9.71. The van der Waals surface area contributed by atoms with Gasteiger partial charge in [0.15, 0.2) is 0 Å². The maximum Gasteiger partial charge on any atom is 0.234 e. The number of hydrogen-bond donors (Lipinski definition) is 0. The summed E-state index contributed by atoms with van der Waals surface area (Å²) in [7, 11) is 0. The molecule has 3 rings (SSSR count). The summed E-state index contributed by atoms with van der Waals surface area (Å²) in [5, 5.41) is 2.06. The van der Waals surface area contributed by atoms with Gasteiger partial charge in [-0.05, 0) is 29.7 Å². The topological polar surface area (TPSA) is 30.2 Å². The van der Waals surface area contributed by atoms with Crippen LogP contribution in [0.2, 0.25) is 0 Å². The van der Waals surface area contributed by atoms with Gasteiger partial charge in [0.2, 0.25) is 5.78 Å². The zero-order chi connectivity index (χ0) is 10.8. The quantitative estimate of drug-likeness (QED) is 0.673. The number of thiophene rings is 1. The van der Waals surface area contributed by atoms with Crippen LogP contribution >= 0.6 is 11.3 Å². The fourth-order valence-corrected chi connectivity index (χ4v) is 2.10. The van der Waals surface area contributed by atoms with Crippen LogP contribution in [0.4, 0.5) is 0 Å². The fourth-order valence-electron chi connectivity index (χ4n) is 1.48. The molecule has 0 bridgehead atoms. The molecule has 0 amide bonds. The molecule has 78 valence electrons. The molecule has 0 fully saturated rings. The van der Waals surface area contributed by atoms with Crippen molar-refractivity contribution in [3.63, 3.8) is 0 Å². The molecule has 0 saturated heterocycles. The van der Waals surface area contributed by atoms with E-state index in [0.717, 1.165) is 11.5 Å². The summed E-state index contributed by atoms with van der Waals surface area (Å²) in [4.78, 5) is 9.78. The smallest absolute Gasteiger partial charge is 0.234 e. The second-order valence-electron chi connectivity index (χ2n) is 3.34. The van der Waals surface area contributed by atoms with Crippen LogP contribution in [-0.4, -0.2) is 14.4 Å². The highest BCUT2D eigenvalue weighted by atomic mass is 32.1. The number of fused-ring (bicyclic) bond motifs is 1. The van der Waals surface area contributed by atoms with E-state index in [9.17, 15) is 0 Å². The highest BCUT2D eigenvalue weighted by Crippen LogP contribution is 2.13. The lowest BCUT2D eigenvalue weighted by Crippen LogP contribution is -1.82. The lowest BCUT2D eigenvalue weighted by atomic mass is 10.3. The monoisotopic (exact) mass is 227 g/mol. The summed E-state index contributed by atoms with van der Waals surface area (Å²) in [6, 6.07) is 6.01. The van der Waals surface area contributed by atoms with E-state index in [4.69, 9.17) is 0 Å². The summed E-state index contributed by atoms with van der Waals surface area (Å²) >= 11 is 1.71. The summed E-state index contributed by atoms with van der Waals surface area (Å²) in [6.45, 7) is 0. The molecule has 0 aliphatic carbocycles. The first-order valence-corrected chi connectivity index (χ1v) is 5.81. The van der Waals surface area contributed by atoms with Crippen molar-refractivity contribution in [2.45, 2.75) is 0 Å². The van der Waals surface area contributed by atoms with Gasteiger partial charge >= 0.3 is 0 Å². The summed E-state index contributed by atoms with van der Waals surface area (Å²) in [5.74, 6) is 0.730. The zero-order valence-electron chi connectivity index (χ0n) is 8.45. The Morgan fingerprint density at radius 2 is 2.25 bits per heavy atom. The first-order chi connectivity index (χ1) is 7.92. The normalized spacial score (nSPS) is 11.5. The van der Waals surface area contributed by atoms with Crippen LogP contribution in [-0.2, 0) is 0 Å². The number of imidazole rings is 1. The SMILES string of the molecule is C(=C\c1cccs1)/c1cn2cccnc2n1. The van der Waals surface area contributed by atoms with Gasteiger partial charge in [-0.2, -0.15) is 0 Å². The van der Waals surface area contributed by atoms with Crippen molar-refractivity contribution < 1.29 is 0 Å². The lowest BCUT2D eigenvalue weighted by molar-refractivity contribution is 1.11. The van der Waals surface area contributed by atoms with Crippen molar-refractivity contribution in [2.24, 2.45) is 0 Å². The van der Waals surface area contributed by atoms with Crippen molar-refractivity contribution in [1.29, 1.82) is 0 Å². The Balaban J connectivity index is 1.95. The molecule has 0 aliphatic heterocycles. The number of nitrogens with zero attached hydrogens (tertiary/aromatic N) is 3. The molecule has 3 aromatic heterocycles. The zero-order valence-corrected chi connectivity index (χ0v) is 9.26. The van der Waals surface area contributed by atoms with Gasteiger partial charge in [-0.25, -0.2) is 9.97 Å². The Kier molecular flexibility index (Phi) is 2.27. The van der Waals surface area contributed by atoms with E-state index in [-0.39, 0.29) is 0 Å². The Bertz CT molecular complexity index is 590. The van der Waals surface area contributed by atoms with E-state index < -0.39 is 0 Å². The number of aromatic nitrogens is 3. The minimum absolute atomic E-state index is 0.730. The third-order valence-electron chi connectivity index (χ3n) is 2.22. The van der Waals surface area contributed by atoms with Gasteiger partial charge in [0, 0.05) is 23.5 Å². The third-order valence-corrected chi connectivity index (χ3v) is 3.05. The van der Waals surface area contributed by atoms with Gasteiger partial charge in [0.1, 0.15) is 0 Å². The van der Waals surface area contributed by atoms with Crippen LogP contribution in [0.15, 0.2) is 42.2 Å². The molecule has 0 aliphatic rings. The van der Waals surface area contributed by atoms with Gasteiger partial charge in [0.25, 0.3) is 0 Å². The Morgan fingerprint density at radius 3 is 3.06 bits per heavy atom. The minimum Gasteiger partial charge on any atom is -0.291 e. The van der Waals surface area contributed by atoms with Crippen LogP contribution in [0, 0.1) is 0 Å². The molecule has 3 aromatic rings. The van der Waals surface area contributed by atoms with Gasteiger partial charge in [-0.1, -0.05) is 6.07 Å². The molecule has 0 atom stereocenters. The number of rotatable bonds is 2. The maximum absolute atomic E-state index is 4.38. The van der Waals surface area contributed by atoms with Crippen LogP contribution in [0.25, 0.3) is 17.9 Å². The average molecular weight is 227 g/mol. The fraction of sp³-hybridized carbons (Fsp3) is 0. The van der Waals surface area contributed by atoms with Crippen LogP contribution in [0.5, 0.6) is 0 Å². The van der Waals surface area contributed by atoms with Crippen molar-refractivity contribution in [1.82, 2.24) is 14.4 Å². The second kappa shape index (κ2) is 3.90. The second-order valence-corrected chi connectivity index (χ2v) is 4.32. The van der Waals surface area contributed by atoms with Gasteiger partial charge in [-0.15, -0.1) is 11.3 Å². The molecule has 0 N–H and O–H groups in total. The standard InChI is InChI=1S/C12H9N3S/c1-3-11(16-8-1)5-4-10-9-15-7-2-6-13-12(15)14-10/h1-9H/b5-4+. The molecule has 0 saturated carbocycles. The first kappa shape index (κ1) is 9.30.